The van der Waals surface area contributed by atoms with Gasteiger partial charge in [0, 0.05) is 13.8 Å². The number of aromatic hydroxyl groups is 1. The number of rotatable bonds is 5. The highest BCUT2D eigenvalue weighted by Crippen LogP contribution is 2.37. The second kappa shape index (κ2) is 13.7. The van der Waals surface area contributed by atoms with E-state index in [1.54, 1.807) is 24.3 Å². The molecule has 0 unspecified atom stereocenters. The van der Waals surface area contributed by atoms with Crippen LogP contribution in [0.25, 0.3) is 0 Å². The van der Waals surface area contributed by atoms with Crippen LogP contribution in [-0.4, -0.2) is 30.5 Å². The summed E-state index contributed by atoms with van der Waals surface area (Å²) in [6, 6.07) is 14.7. The van der Waals surface area contributed by atoms with Gasteiger partial charge in [-0.05, 0) is 59.9 Å². The Kier molecular flexibility index (Phi) is 12.6. The summed E-state index contributed by atoms with van der Waals surface area (Å²) in [5.41, 5.74) is 2.36. The first-order valence-electron chi connectivity index (χ1n) is 10.6. The normalized spacial score (nSPS) is 10.8. The predicted octanol–water partition coefficient (Wildman–Crippen LogP) is 6.18. The molecule has 0 fully saturated rings. The van der Waals surface area contributed by atoms with E-state index in [1.165, 1.54) is 12.5 Å². The lowest BCUT2D eigenvalue weighted by Crippen LogP contribution is -2.40. The molecule has 2 aromatic carbocycles. The first-order valence-corrected chi connectivity index (χ1v) is 13.5. The zero-order valence-electron chi connectivity index (χ0n) is 20.6. The molecule has 0 saturated carbocycles. The van der Waals surface area contributed by atoms with Crippen LogP contribution in [0.15, 0.2) is 48.5 Å². The van der Waals surface area contributed by atoms with Gasteiger partial charge in [-0.3, -0.25) is 9.59 Å². The van der Waals surface area contributed by atoms with Gasteiger partial charge in [-0.1, -0.05) is 52.0 Å². The fourth-order valence-electron chi connectivity index (χ4n) is 2.03. The van der Waals surface area contributed by atoms with E-state index in [9.17, 15) is 4.79 Å². The number of benzene rings is 2. The summed E-state index contributed by atoms with van der Waals surface area (Å²) in [7, 11) is -1.71. The molecule has 2 aromatic rings. The molecule has 7 heteroatoms. The van der Waals surface area contributed by atoms with Gasteiger partial charge in [-0.15, -0.1) is 0 Å². The highest BCUT2D eigenvalue weighted by Gasteiger charge is 2.36. The van der Waals surface area contributed by atoms with Gasteiger partial charge < -0.3 is 19.4 Å². The zero-order chi connectivity index (χ0) is 24.9. The van der Waals surface area contributed by atoms with E-state index >= 15 is 0 Å². The molecule has 0 atom stereocenters. The lowest BCUT2D eigenvalue weighted by atomic mass is 10.2. The average Bonchev–Trinajstić information content (AvgIpc) is 2.67. The summed E-state index contributed by atoms with van der Waals surface area (Å²) < 4.78 is 11.1. The van der Waals surface area contributed by atoms with Crippen molar-refractivity contribution >= 4 is 20.3 Å². The van der Waals surface area contributed by atoms with E-state index in [1.807, 2.05) is 24.3 Å². The molecule has 0 bridgehead atoms. The van der Waals surface area contributed by atoms with Crippen LogP contribution in [-0.2, 0) is 27.0 Å². The number of carboxylic acids is 1. The molecular formula is C25H38O6Si. The Morgan fingerprint density at radius 2 is 1.34 bits per heavy atom. The van der Waals surface area contributed by atoms with Crippen molar-refractivity contribution in [2.24, 2.45) is 0 Å². The van der Waals surface area contributed by atoms with Crippen molar-refractivity contribution < 1.29 is 29.0 Å². The van der Waals surface area contributed by atoms with Crippen molar-refractivity contribution in [1.82, 2.24) is 0 Å². The van der Waals surface area contributed by atoms with Crippen molar-refractivity contribution in [3.8, 4) is 11.5 Å². The molecule has 2 N–H and O–H groups in total. The molecule has 0 aliphatic heterocycles. The van der Waals surface area contributed by atoms with Gasteiger partial charge in [-0.2, -0.15) is 0 Å². The van der Waals surface area contributed by atoms with Gasteiger partial charge in [0.05, 0.1) is 6.61 Å². The van der Waals surface area contributed by atoms with E-state index in [-0.39, 0.29) is 11.0 Å². The largest absolute Gasteiger partial charge is 0.508 e. The van der Waals surface area contributed by atoms with Crippen LogP contribution in [0.1, 0.15) is 52.7 Å². The van der Waals surface area contributed by atoms with E-state index in [0.717, 1.165) is 18.9 Å². The zero-order valence-corrected chi connectivity index (χ0v) is 21.6. The van der Waals surface area contributed by atoms with Crippen LogP contribution in [0, 0.1) is 0 Å². The molecule has 0 spiro atoms. The highest BCUT2D eigenvalue weighted by molar-refractivity contribution is 6.74. The van der Waals surface area contributed by atoms with E-state index in [2.05, 4.69) is 40.8 Å². The molecule has 0 radical (unpaired) electrons. The third-order valence-corrected chi connectivity index (χ3v) is 9.41. The highest BCUT2D eigenvalue weighted by atomic mass is 28.4. The Balaban J connectivity index is 0.000000608. The Morgan fingerprint density at radius 3 is 1.72 bits per heavy atom. The minimum Gasteiger partial charge on any atom is -0.508 e. The van der Waals surface area contributed by atoms with Crippen molar-refractivity contribution in [3.05, 3.63) is 59.7 Å². The van der Waals surface area contributed by atoms with E-state index in [0.29, 0.717) is 18.1 Å². The van der Waals surface area contributed by atoms with Crippen LogP contribution < -0.4 is 4.74 Å². The number of esters is 1. The molecule has 178 valence electrons. The van der Waals surface area contributed by atoms with Gasteiger partial charge in [-0.25, -0.2) is 0 Å². The average molecular weight is 463 g/mol. The van der Waals surface area contributed by atoms with Crippen LogP contribution >= 0.6 is 0 Å². The van der Waals surface area contributed by atoms with Crippen molar-refractivity contribution in [2.45, 2.75) is 72.7 Å². The second-order valence-electron chi connectivity index (χ2n) is 8.83. The molecule has 0 amide bonds. The quantitative estimate of drug-likeness (QED) is 0.313. The summed E-state index contributed by atoms with van der Waals surface area (Å²) in [6.07, 6.45) is 1.03. The van der Waals surface area contributed by atoms with Crippen LogP contribution in [0.2, 0.25) is 18.1 Å². The van der Waals surface area contributed by atoms with Crippen molar-refractivity contribution in [2.75, 3.05) is 0 Å². The Bertz CT molecular complexity index is 817. The SMILES string of the molecule is CC(=O)O.CC(=O)Oc1ccc(CO[Si](C)(C)C(C)(C)C)cc1.CCc1ccc(O)cc1. The smallest absolute Gasteiger partial charge is 0.308 e. The minimum atomic E-state index is -1.71. The summed E-state index contributed by atoms with van der Waals surface area (Å²) in [5.74, 6) is -0.221. The van der Waals surface area contributed by atoms with Gasteiger partial charge in [0.25, 0.3) is 5.97 Å². The topological polar surface area (TPSA) is 93.1 Å². The third-order valence-electron chi connectivity index (χ3n) is 4.94. The minimum absolute atomic E-state index is 0.213. The first-order chi connectivity index (χ1) is 14.7. The number of ether oxygens (including phenoxy) is 1. The van der Waals surface area contributed by atoms with Gasteiger partial charge in [0.1, 0.15) is 11.5 Å². The molecular weight excluding hydrogens is 424 g/mol. The maximum absolute atomic E-state index is 10.8. The fourth-order valence-corrected chi connectivity index (χ4v) is 2.99. The third kappa shape index (κ3) is 12.9. The maximum Gasteiger partial charge on any atom is 0.308 e. The standard InChI is InChI=1S/C15H24O3Si.C8H10O.C2H4O2/c1-12(16)18-14-9-7-13(8-10-14)11-17-19(5,6)15(2,3)4;1-2-7-3-5-8(9)6-4-7;1-2(3)4/h7-10H,11H2,1-6H3;3-6,9H,2H2,1H3;1H3,(H,3,4). The first kappa shape index (κ1) is 29.4. The van der Waals surface area contributed by atoms with Crippen LogP contribution in [0.4, 0.5) is 0 Å². The molecule has 0 aliphatic rings. The van der Waals surface area contributed by atoms with Crippen molar-refractivity contribution in [1.29, 1.82) is 0 Å². The van der Waals surface area contributed by atoms with Crippen molar-refractivity contribution in [3.63, 3.8) is 0 Å². The number of phenols is 1. The number of carbonyl (C=O) groups excluding carboxylic acids is 1. The Labute approximate surface area is 193 Å². The molecule has 32 heavy (non-hydrogen) atoms. The molecule has 6 nitrogen and oxygen atoms in total. The Morgan fingerprint density at radius 1 is 0.906 bits per heavy atom. The number of hydrogen-bond acceptors (Lipinski definition) is 5. The molecule has 0 aromatic heterocycles. The maximum atomic E-state index is 10.8. The molecule has 0 heterocycles. The van der Waals surface area contributed by atoms with Crippen LogP contribution in [0.3, 0.4) is 0 Å². The number of aryl methyl sites for hydroxylation is 1. The van der Waals surface area contributed by atoms with E-state index < -0.39 is 14.3 Å². The summed E-state index contributed by atoms with van der Waals surface area (Å²) in [5, 5.41) is 16.5. The van der Waals surface area contributed by atoms with E-state index in [4.69, 9.17) is 24.2 Å². The van der Waals surface area contributed by atoms with Gasteiger partial charge in [0.2, 0.25) is 0 Å². The number of carboxylic acid groups (broad SMARTS) is 1. The number of carbonyl (C=O) groups is 2. The second-order valence-corrected chi connectivity index (χ2v) is 13.6. The Hall–Kier alpha value is -2.64. The predicted molar refractivity (Wildman–Crippen MR) is 131 cm³/mol. The fraction of sp³-hybridized carbons (Fsp3) is 0.440. The number of phenolic OH excluding ortho intramolecular Hbond substituents is 1. The lowest BCUT2D eigenvalue weighted by molar-refractivity contribution is -0.134. The summed E-state index contributed by atoms with van der Waals surface area (Å²) in [6.45, 7) is 16.3. The molecule has 0 aliphatic carbocycles. The number of aliphatic carboxylic acids is 1. The number of hydrogen-bond donors (Lipinski definition) is 2. The molecule has 0 saturated heterocycles. The molecule has 2 rings (SSSR count). The van der Waals surface area contributed by atoms with Gasteiger partial charge >= 0.3 is 5.97 Å². The lowest BCUT2D eigenvalue weighted by Gasteiger charge is -2.36. The summed E-state index contributed by atoms with van der Waals surface area (Å²) >= 11 is 0. The van der Waals surface area contributed by atoms with Crippen LogP contribution in [0.5, 0.6) is 11.5 Å². The monoisotopic (exact) mass is 462 g/mol. The van der Waals surface area contributed by atoms with Gasteiger partial charge in [0.15, 0.2) is 8.32 Å². The summed E-state index contributed by atoms with van der Waals surface area (Å²) in [4.78, 5) is 19.8.